The maximum absolute atomic E-state index is 13.4. The Labute approximate surface area is 120 Å². The quantitative estimate of drug-likeness (QED) is 0.942. The second kappa shape index (κ2) is 5.99. The Kier molecular flexibility index (Phi) is 4.31. The van der Waals surface area contributed by atoms with Gasteiger partial charge in [0.15, 0.2) is 0 Å². The number of rotatable bonds is 4. The van der Waals surface area contributed by atoms with Crippen LogP contribution in [0.2, 0.25) is 0 Å². The van der Waals surface area contributed by atoms with E-state index in [4.69, 9.17) is 5.26 Å². The molecule has 2 aromatic rings. The first kappa shape index (κ1) is 15.1. The van der Waals surface area contributed by atoms with E-state index in [1.54, 1.807) is 0 Å². The number of sulfonamides is 1. The zero-order chi connectivity index (χ0) is 15.5. The van der Waals surface area contributed by atoms with E-state index in [2.05, 4.69) is 4.72 Å². The van der Waals surface area contributed by atoms with Crippen LogP contribution in [0.4, 0.5) is 8.78 Å². The number of halogens is 2. The van der Waals surface area contributed by atoms with Crippen molar-refractivity contribution in [2.45, 2.75) is 11.4 Å². The van der Waals surface area contributed by atoms with Gasteiger partial charge in [0.2, 0.25) is 10.0 Å². The van der Waals surface area contributed by atoms with Crippen molar-refractivity contribution in [2.75, 3.05) is 0 Å². The van der Waals surface area contributed by atoms with Gasteiger partial charge in [0.25, 0.3) is 0 Å². The maximum Gasteiger partial charge on any atom is 0.240 e. The minimum Gasteiger partial charge on any atom is -0.207 e. The normalized spacial score (nSPS) is 11.1. The van der Waals surface area contributed by atoms with Crippen molar-refractivity contribution >= 4 is 10.0 Å². The molecule has 0 aliphatic carbocycles. The molecule has 0 saturated heterocycles. The molecule has 0 aromatic heterocycles. The molecular formula is C14H10F2N2O2S. The van der Waals surface area contributed by atoms with Gasteiger partial charge in [0, 0.05) is 18.2 Å². The second-order valence-corrected chi connectivity index (χ2v) is 5.96. The highest BCUT2D eigenvalue weighted by Gasteiger charge is 2.14. The van der Waals surface area contributed by atoms with E-state index < -0.39 is 21.7 Å². The molecule has 0 bridgehead atoms. The zero-order valence-electron chi connectivity index (χ0n) is 10.7. The molecule has 0 saturated carbocycles. The van der Waals surface area contributed by atoms with Crippen LogP contribution in [0.15, 0.2) is 47.4 Å². The first-order valence-corrected chi connectivity index (χ1v) is 7.34. The van der Waals surface area contributed by atoms with Crippen LogP contribution in [0.3, 0.4) is 0 Å². The second-order valence-electron chi connectivity index (χ2n) is 4.20. The monoisotopic (exact) mass is 308 g/mol. The van der Waals surface area contributed by atoms with Gasteiger partial charge in [-0.1, -0.05) is 6.07 Å². The standard InChI is InChI=1S/C14H10F2N2O2S/c15-12-4-3-11(14(16)7-12)9-18-21(19,20)13-5-1-10(8-17)2-6-13/h1-7,18H,9H2. The molecule has 0 fully saturated rings. The van der Waals surface area contributed by atoms with Crippen LogP contribution in [-0.2, 0) is 16.6 Å². The highest BCUT2D eigenvalue weighted by atomic mass is 32.2. The van der Waals surface area contributed by atoms with Gasteiger partial charge in [0.1, 0.15) is 11.6 Å². The summed E-state index contributed by atoms with van der Waals surface area (Å²) in [6.45, 7) is -0.297. The first-order valence-electron chi connectivity index (χ1n) is 5.86. The van der Waals surface area contributed by atoms with Crippen molar-refractivity contribution in [3.63, 3.8) is 0 Å². The Morgan fingerprint density at radius 2 is 1.76 bits per heavy atom. The Morgan fingerprint density at radius 1 is 1.10 bits per heavy atom. The predicted octanol–water partition coefficient (Wildman–Crippen LogP) is 2.31. The van der Waals surface area contributed by atoms with Gasteiger partial charge in [-0.3, -0.25) is 0 Å². The minimum atomic E-state index is -3.83. The Balaban J connectivity index is 2.15. The van der Waals surface area contributed by atoms with Crippen molar-refractivity contribution in [1.82, 2.24) is 4.72 Å². The smallest absolute Gasteiger partial charge is 0.207 e. The number of nitrogens with one attached hydrogen (secondary N) is 1. The third kappa shape index (κ3) is 3.62. The molecule has 0 radical (unpaired) electrons. The van der Waals surface area contributed by atoms with Crippen LogP contribution in [0.25, 0.3) is 0 Å². The van der Waals surface area contributed by atoms with E-state index in [9.17, 15) is 17.2 Å². The van der Waals surface area contributed by atoms with Gasteiger partial charge in [0.05, 0.1) is 16.5 Å². The molecule has 0 atom stereocenters. The van der Waals surface area contributed by atoms with Gasteiger partial charge in [-0.2, -0.15) is 5.26 Å². The fourth-order valence-corrected chi connectivity index (χ4v) is 2.64. The molecule has 21 heavy (non-hydrogen) atoms. The van der Waals surface area contributed by atoms with E-state index in [1.807, 2.05) is 6.07 Å². The Morgan fingerprint density at radius 3 is 2.33 bits per heavy atom. The summed E-state index contributed by atoms with van der Waals surface area (Å²) in [7, 11) is -3.83. The zero-order valence-corrected chi connectivity index (χ0v) is 11.5. The molecule has 1 N–H and O–H groups in total. The molecule has 108 valence electrons. The fraction of sp³-hybridized carbons (Fsp3) is 0.0714. The molecule has 4 nitrogen and oxygen atoms in total. The molecule has 2 aromatic carbocycles. The largest absolute Gasteiger partial charge is 0.240 e. The third-order valence-corrected chi connectivity index (χ3v) is 4.18. The molecule has 0 heterocycles. The van der Waals surface area contributed by atoms with E-state index in [1.165, 1.54) is 30.3 Å². The predicted molar refractivity (Wildman–Crippen MR) is 71.5 cm³/mol. The lowest BCUT2D eigenvalue weighted by Crippen LogP contribution is -2.23. The van der Waals surface area contributed by atoms with Gasteiger partial charge in [-0.05, 0) is 30.3 Å². The fourth-order valence-electron chi connectivity index (χ4n) is 1.63. The van der Waals surface area contributed by atoms with Gasteiger partial charge in [-0.15, -0.1) is 0 Å². The number of hydrogen-bond acceptors (Lipinski definition) is 3. The van der Waals surface area contributed by atoms with E-state index in [0.29, 0.717) is 11.6 Å². The summed E-state index contributed by atoms with van der Waals surface area (Å²) >= 11 is 0. The van der Waals surface area contributed by atoms with Gasteiger partial charge >= 0.3 is 0 Å². The van der Waals surface area contributed by atoms with Crippen LogP contribution in [-0.4, -0.2) is 8.42 Å². The summed E-state index contributed by atoms with van der Waals surface area (Å²) in [5.41, 5.74) is 0.368. The number of hydrogen-bond donors (Lipinski definition) is 1. The number of benzene rings is 2. The van der Waals surface area contributed by atoms with E-state index in [0.717, 1.165) is 6.07 Å². The molecule has 7 heteroatoms. The lowest BCUT2D eigenvalue weighted by atomic mass is 10.2. The number of nitrogens with zero attached hydrogens (tertiary/aromatic N) is 1. The van der Waals surface area contributed by atoms with Crippen LogP contribution in [0, 0.1) is 23.0 Å². The van der Waals surface area contributed by atoms with Crippen LogP contribution >= 0.6 is 0 Å². The van der Waals surface area contributed by atoms with Crippen LogP contribution in [0.1, 0.15) is 11.1 Å². The van der Waals surface area contributed by atoms with Crippen LogP contribution in [0.5, 0.6) is 0 Å². The Bertz CT molecular complexity index is 797. The summed E-state index contributed by atoms with van der Waals surface area (Å²) in [6, 6.07) is 10.1. The molecule has 0 aliphatic rings. The molecule has 0 unspecified atom stereocenters. The summed E-state index contributed by atoms with van der Waals surface area (Å²) in [4.78, 5) is -0.0379. The lowest BCUT2D eigenvalue weighted by molar-refractivity contribution is 0.562. The van der Waals surface area contributed by atoms with Crippen molar-refractivity contribution in [3.8, 4) is 6.07 Å². The molecule has 0 spiro atoms. The highest BCUT2D eigenvalue weighted by molar-refractivity contribution is 7.89. The van der Waals surface area contributed by atoms with Gasteiger partial charge in [-0.25, -0.2) is 21.9 Å². The van der Waals surface area contributed by atoms with Crippen molar-refractivity contribution in [2.24, 2.45) is 0 Å². The molecular weight excluding hydrogens is 298 g/mol. The van der Waals surface area contributed by atoms with E-state index in [-0.39, 0.29) is 17.0 Å². The van der Waals surface area contributed by atoms with Crippen LogP contribution < -0.4 is 4.72 Å². The maximum atomic E-state index is 13.4. The lowest BCUT2D eigenvalue weighted by Gasteiger charge is -2.07. The summed E-state index contributed by atoms with van der Waals surface area (Å²) < 4.78 is 52.4. The minimum absolute atomic E-state index is 0.0358. The summed E-state index contributed by atoms with van der Waals surface area (Å²) in [6.07, 6.45) is 0. The van der Waals surface area contributed by atoms with E-state index >= 15 is 0 Å². The average Bonchev–Trinajstić information content (AvgIpc) is 2.46. The summed E-state index contributed by atoms with van der Waals surface area (Å²) in [5.74, 6) is -1.55. The molecule has 0 aliphatic heterocycles. The molecule has 0 amide bonds. The highest BCUT2D eigenvalue weighted by Crippen LogP contribution is 2.13. The summed E-state index contributed by atoms with van der Waals surface area (Å²) in [5, 5.41) is 8.65. The average molecular weight is 308 g/mol. The molecule has 2 rings (SSSR count). The first-order chi connectivity index (χ1) is 9.92. The van der Waals surface area contributed by atoms with Gasteiger partial charge < -0.3 is 0 Å². The SMILES string of the molecule is N#Cc1ccc(S(=O)(=O)NCc2ccc(F)cc2F)cc1. The van der Waals surface area contributed by atoms with Crippen molar-refractivity contribution in [1.29, 1.82) is 5.26 Å². The van der Waals surface area contributed by atoms with Crippen molar-refractivity contribution in [3.05, 3.63) is 65.2 Å². The number of nitriles is 1. The third-order valence-electron chi connectivity index (χ3n) is 2.76. The van der Waals surface area contributed by atoms with Crippen molar-refractivity contribution < 1.29 is 17.2 Å². The topological polar surface area (TPSA) is 70.0 Å². The Hall–Kier alpha value is -2.30.